The number of anilines is 2. The number of fused-ring (bicyclic) bond motifs is 6. The number of rotatable bonds is 23. The lowest BCUT2D eigenvalue weighted by Crippen LogP contribution is -2.20. The topological polar surface area (TPSA) is 441 Å². The van der Waals surface area contributed by atoms with E-state index in [4.69, 9.17) is 34.2 Å². The Labute approximate surface area is 678 Å². The third-order valence-corrected chi connectivity index (χ3v) is 18.5. The van der Waals surface area contributed by atoms with E-state index in [1.165, 1.54) is 67.6 Å². The molecule has 11 aromatic heterocycles. The van der Waals surface area contributed by atoms with E-state index in [0.717, 1.165) is 57.6 Å². The molecule has 118 heavy (non-hydrogen) atoms. The van der Waals surface area contributed by atoms with Gasteiger partial charge in [-0.1, -0.05) is 173 Å². The fraction of sp³-hybridized carbons (Fsp3) is 0.282. The number of unbranched alkanes of at least 4 members (excludes halogenated alkanes) is 1. The third kappa shape index (κ3) is 22.7. The summed E-state index contributed by atoms with van der Waals surface area (Å²) in [5.74, 6) is 4.94. The first-order valence-electron chi connectivity index (χ1n) is 38.5. The lowest BCUT2D eigenvalue weighted by Gasteiger charge is -2.19. The van der Waals surface area contributed by atoms with E-state index in [2.05, 4.69) is 232 Å². The van der Waals surface area contributed by atoms with Gasteiger partial charge in [-0.25, -0.2) is 49.8 Å². The molecular formula is C85H93N25O8. The number of amides is 1. The first-order chi connectivity index (χ1) is 57.3. The summed E-state index contributed by atoms with van der Waals surface area (Å²) in [6, 6.07) is 41.4. The Morgan fingerprint density at radius 1 is 0.500 bits per heavy atom. The number of aryl methyl sites for hydroxylation is 2. The minimum absolute atomic E-state index is 0.0276. The molecule has 0 fully saturated rings. The maximum Gasteiger partial charge on any atom is 0.258 e. The molecule has 1 unspecified atom stereocenters. The van der Waals surface area contributed by atoms with Crippen LogP contribution in [0.1, 0.15) is 137 Å². The van der Waals surface area contributed by atoms with Crippen LogP contribution in [0.3, 0.4) is 0 Å². The van der Waals surface area contributed by atoms with Crippen molar-refractivity contribution in [2.24, 2.45) is 10.9 Å². The third-order valence-electron chi connectivity index (χ3n) is 18.5. The minimum Gasteiger partial charge on any atom is -0.490 e. The fourth-order valence-corrected chi connectivity index (χ4v) is 11.6. The van der Waals surface area contributed by atoms with E-state index in [9.17, 15) is 9.59 Å². The summed E-state index contributed by atoms with van der Waals surface area (Å²) in [5.41, 5.74) is 20.2. The molecule has 12 heterocycles. The van der Waals surface area contributed by atoms with Gasteiger partial charge in [0.05, 0.1) is 43.8 Å². The number of hydrogen-bond acceptors (Lipinski definition) is 26. The van der Waals surface area contributed by atoms with Crippen LogP contribution < -0.4 is 45.0 Å². The van der Waals surface area contributed by atoms with E-state index in [0.29, 0.717) is 131 Å². The molecule has 9 N–H and O–H groups in total. The molecule has 0 spiro atoms. The van der Waals surface area contributed by atoms with Crippen LogP contribution >= 0.6 is 0 Å². The van der Waals surface area contributed by atoms with Crippen molar-refractivity contribution >= 4 is 85.7 Å². The Morgan fingerprint density at radius 3 is 1.55 bits per heavy atom. The van der Waals surface area contributed by atoms with E-state index in [-0.39, 0.29) is 34.2 Å². The highest BCUT2D eigenvalue weighted by molar-refractivity contribution is 6.03. The summed E-state index contributed by atoms with van der Waals surface area (Å²) in [6.07, 6.45) is 21.7. The molecular weight excluding hydrogens is 1500 g/mol. The second kappa shape index (κ2) is 40.0. The average molecular weight is 1590 g/mol. The molecule has 16 aromatic rings. The molecule has 1 aliphatic heterocycles. The number of imidazole rings is 5. The molecule has 0 saturated carbocycles. The van der Waals surface area contributed by atoms with Crippen molar-refractivity contribution < 1.29 is 33.2 Å². The first-order valence-corrected chi connectivity index (χ1v) is 38.5. The lowest BCUT2D eigenvalue weighted by molar-refractivity contribution is 0.102. The summed E-state index contributed by atoms with van der Waals surface area (Å²) < 4.78 is 34.1. The van der Waals surface area contributed by atoms with E-state index >= 15 is 0 Å². The zero-order valence-electron chi connectivity index (χ0n) is 67.2. The van der Waals surface area contributed by atoms with E-state index in [1.54, 1.807) is 43.7 Å². The number of nitrogens with two attached hydrogens (primary N) is 1. The number of aromatic nitrogens is 22. The van der Waals surface area contributed by atoms with Gasteiger partial charge in [-0.15, -0.1) is 0 Å². The Morgan fingerprint density at radius 2 is 1.00 bits per heavy atom. The Bertz CT molecular complexity index is 5980. The van der Waals surface area contributed by atoms with Gasteiger partial charge in [0.25, 0.3) is 11.5 Å². The number of nitrogens with one attached hydrogen (secondary N) is 7. The summed E-state index contributed by atoms with van der Waals surface area (Å²) in [5, 5.41) is 2.61. The van der Waals surface area contributed by atoms with Gasteiger partial charge >= 0.3 is 0 Å². The van der Waals surface area contributed by atoms with Gasteiger partial charge in [-0.05, 0) is 106 Å². The number of hydrogen-bond donors (Lipinski definition) is 8. The number of benzene rings is 5. The highest BCUT2D eigenvalue weighted by atomic mass is 16.5. The Kier molecular flexibility index (Phi) is 28.1. The van der Waals surface area contributed by atoms with Gasteiger partial charge in [-0.2, -0.15) is 34.9 Å². The molecule has 17 rings (SSSR count). The highest BCUT2D eigenvalue weighted by Crippen LogP contribution is 2.30. The van der Waals surface area contributed by atoms with Crippen molar-refractivity contribution in [1.29, 1.82) is 0 Å². The summed E-state index contributed by atoms with van der Waals surface area (Å²) >= 11 is 0. The summed E-state index contributed by atoms with van der Waals surface area (Å²) in [7, 11) is 0. The van der Waals surface area contributed by atoms with Crippen LogP contribution in [0.2, 0.25) is 0 Å². The highest BCUT2D eigenvalue weighted by Gasteiger charge is 2.20. The number of nitrogens with zero attached hydrogens (tertiary/aromatic N) is 17. The van der Waals surface area contributed by atoms with Gasteiger partial charge in [0.2, 0.25) is 41.3 Å². The second-order valence-corrected chi connectivity index (χ2v) is 28.9. The Hall–Kier alpha value is -14.5. The standard InChI is InChI=1S/C17H18N4O2.C15H16N4O.C14H14N4O.C13H13N5O2.C13H12N4O.C13H20N4O/c1-17(2,3)11-6-4-10(5-7-11)14(22)20-16-19-13-12(8-9-18-13)15(23)21-16;1-15(2,3)10-4-6-11(7-5-10)20-14-12-13(17-8-16-12)18-9-19-14;1-2-10-3-5-11(6-4-10)7-19-14-12-13(16-8-15-12)17-9-18-14;14-13-17-11-10(15-8-16-11)12(18-13)20-7-6-19-9-4-2-1-3-5-9;1-9-4-2-3-5-10(9)6-18-13-11-12(15-7-14-11)16-8-17-13;1-3-5-6-10(4-2)7-18-13-11-12(15-8-14-11)16-9-17-13/h4-7,9H,8H2,1-3H3,(H2,19,20,21,22,23);4-9H,1-3H3,(H,16,17,18,19);3-6,8-9H,2,7H2,1H3,(H,15,16,17,18);1-5,8H,6-7H2,(H3,14,15,16,17,18);2-5,7-8H,6H2,1H3,(H,14,15,16,17);8-10H,3-7H2,1-2H3,(H,14,15,16,17). The number of para-hydroxylation sites is 1. The smallest absolute Gasteiger partial charge is 0.258 e. The second-order valence-electron chi connectivity index (χ2n) is 28.9. The largest absolute Gasteiger partial charge is 0.490 e. The molecule has 0 saturated heterocycles. The summed E-state index contributed by atoms with van der Waals surface area (Å²) in [4.78, 5) is 111. The molecule has 1 aliphatic rings. The quantitative estimate of drug-likeness (QED) is 0.0276. The zero-order chi connectivity index (χ0) is 82.8. The van der Waals surface area contributed by atoms with Crippen LogP contribution in [0, 0.1) is 12.8 Å². The normalized spacial score (nSPS) is 11.6. The lowest BCUT2D eigenvalue weighted by atomic mass is 9.87. The first kappa shape index (κ1) is 82.9. The molecule has 33 nitrogen and oxygen atoms in total. The minimum atomic E-state index is -0.324. The van der Waals surface area contributed by atoms with Crippen LogP contribution in [-0.2, 0) is 36.9 Å². The summed E-state index contributed by atoms with van der Waals surface area (Å²) in [6.45, 7) is 23.9. The molecule has 0 bridgehead atoms. The zero-order valence-corrected chi connectivity index (χ0v) is 67.2. The van der Waals surface area contributed by atoms with Crippen molar-refractivity contribution in [3.05, 3.63) is 239 Å². The molecule has 33 heteroatoms. The van der Waals surface area contributed by atoms with Crippen LogP contribution in [0.15, 0.2) is 194 Å². The number of carbonyl (C=O) groups excluding carboxylic acids is 1. The van der Waals surface area contributed by atoms with Crippen molar-refractivity contribution in [2.75, 3.05) is 30.9 Å². The van der Waals surface area contributed by atoms with Crippen molar-refractivity contribution in [1.82, 2.24) is 110 Å². The molecule has 0 radical (unpaired) electrons. The predicted molar refractivity (Wildman–Crippen MR) is 450 cm³/mol. The van der Waals surface area contributed by atoms with Gasteiger partial charge in [0, 0.05) is 18.2 Å². The fourth-order valence-electron chi connectivity index (χ4n) is 11.6. The maximum atomic E-state index is 12.3. The van der Waals surface area contributed by atoms with E-state index in [1.807, 2.05) is 72.8 Å². The van der Waals surface area contributed by atoms with Crippen molar-refractivity contribution in [3.63, 3.8) is 0 Å². The van der Waals surface area contributed by atoms with Gasteiger partial charge < -0.3 is 59.1 Å². The predicted octanol–water partition coefficient (Wildman–Crippen LogP) is 15.1. The van der Waals surface area contributed by atoms with Gasteiger partial charge in [0.15, 0.2) is 34.1 Å². The number of ether oxygens (including phenoxy) is 6. The number of aromatic amines is 6. The molecule has 1 amide bonds. The van der Waals surface area contributed by atoms with Crippen LogP contribution in [0.5, 0.6) is 40.9 Å². The SMILES string of the molecule is CC(C)(C)c1ccc(C(=O)Nc2nc3c(c(=O)[nH]2)CC=N3)cc1.CC(C)(C)c1ccc(Oc2ncnc3nc[nH]c23)cc1.CCCCC(CC)COc1ncnc2nc[nH]c12.CCc1ccc(COc2ncnc3nc[nH]c23)cc1.Cc1ccccc1COc1ncnc2nc[nH]c12.Nc1nc(OCCOc2ccccc2)c2[nH]cnc2n1. The number of carbonyl (C=O) groups is 1. The number of H-pyrrole nitrogens is 6. The van der Waals surface area contributed by atoms with Crippen LogP contribution in [-0.4, -0.2) is 142 Å². The number of aliphatic imine (C=N–C) groups is 1. The van der Waals surface area contributed by atoms with Crippen molar-refractivity contribution in [3.8, 4) is 40.9 Å². The number of nitrogen functional groups attached to an aromatic ring is 1. The maximum absolute atomic E-state index is 12.3. The molecule has 1 atom stereocenters. The van der Waals surface area contributed by atoms with Crippen molar-refractivity contribution in [2.45, 2.75) is 132 Å². The van der Waals surface area contributed by atoms with E-state index < -0.39 is 0 Å². The molecule has 5 aromatic carbocycles. The average Bonchev–Trinajstić information content (AvgIpc) is 1.52. The monoisotopic (exact) mass is 1590 g/mol. The molecule has 606 valence electrons. The van der Waals surface area contributed by atoms with Crippen LogP contribution in [0.25, 0.3) is 55.8 Å². The van der Waals surface area contributed by atoms with Gasteiger partial charge in [-0.3, -0.25) is 19.9 Å². The Balaban J connectivity index is 0.000000130. The van der Waals surface area contributed by atoms with Crippen LogP contribution in [0.4, 0.5) is 17.7 Å². The van der Waals surface area contributed by atoms with Gasteiger partial charge in [0.1, 0.15) is 90.8 Å². The molecule has 0 aliphatic carbocycles.